The van der Waals surface area contributed by atoms with E-state index < -0.39 is 0 Å². The van der Waals surface area contributed by atoms with Gasteiger partial charge >= 0.3 is 0 Å². The van der Waals surface area contributed by atoms with Gasteiger partial charge in [0.2, 0.25) is 0 Å². The van der Waals surface area contributed by atoms with E-state index in [1.807, 2.05) is 26.1 Å². The van der Waals surface area contributed by atoms with Gasteiger partial charge in [0.15, 0.2) is 0 Å². The third kappa shape index (κ3) is 4.42. The number of halogens is 1. The average molecular weight is 346 g/mol. The van der Waals surface area contributed by atoms with E-state index in [2.05, 4.69) is 32.5 Å². The summed E-state index contributed by atoms with van der Waals surface area (Å²) in [6.45, 7) is 7.65. The Labute approximate surface area is 148 Å². The molecule has 1 fully saturated rings. The van der Waals surface area contributed by atoms with E-state index in [0.29, 0.717) is 6.54 Å². The molecule has 0 aliphatic carbocycles. The first kappa shape index (κ1) is 18.0. The third-order valence-corrected chi connectivity index (χ3v) is 5.07. The number of aryl methyl sites for hydroxylation is 1. The number of hydrogen-bond acceptors (Lipinski definition) is 5. The van der Waals surface area contributed by atoms with Crippen molar-refractivity contribution < 1.29 is 4.39 Å². The van der Waals surface area contributed by atoms with Gasteiger partial charge in [-0.15, -0.1) is 5.10 Å². The molecule has 6 nitrogen and oxygen atoms in total. The van der Waals surface area contributed by atoms with Crippen LogP contribution in [-0.2, 0) is 13.6 Å². The molecular formula is C18H27FN6. The van der Waals surface area contributed by atoms with Gasteiger partial charge in [-0.2, -0.15) is 0 Å². The molecule has 1 aliphatic rings. The third-order valence-electron chi connectivity index (χ3n) is 5.07. The maximum Gasteiger partial charge on any atom is 0.123 e. The Hall–Kier alpha value is -1.83. The number of likely N-dealkylation sites (N-methyl/N-ethyl adjacent to an activating group) is 1. The quantitative estimate of drug-likeness (QED) is 0.855. The van der Waals surface area contributed by atoms with Gasteiger partial charge < -0.3 is 10.2 Å². The van der Waals surface area contributed by atoms with E-state index in [1.165, 1.54) is 0 Å². The summed E-state index contributed by atoms with van der Waals surface area (Å²) < 4.78 is 15.1. The molecule has 0 saturated carbocycles. The van der Waals surface area contributed by atoms with E-state index in [1.54, 1.807) is 16.8 Å². The zero-order valence-electron chi connectivity index (χ0n) is 15.2. The lowest BCUT2D eigenvalue weighted by atomic mass is 10.0. The molecule has 1 aromatic heterocycles. The van der Waals surface area contributed by atoms with Crippen LogP contribution in [0.1, 0.15) is 23.0 Å². The van der Waals surface area contributed by atoms with Crippen LogP contribution < -0.4 is 5.32 Å². The second kappa shape index (κ2) is 8.03. The Balaban J connectivity index is 1.67. The van der Waals surface area contributed by atoms with Gasteiger partial charge in [-0.25, -0.2) is 4.39 Å². The SMILES string of the molecule is Cc1c(CNCC(c2ccc(F)cc2)N2CCN(C)CC2)nnn1C. The van der Waals surface area contributed by atoms with Crippen LogP contribution >= 0.6 is 0 Å². The standard InChI is InChI=1S/C18H27FN6/c1-14-17(21-22-24(14)3)12-20-13-18(15-4-6-16(19)7-5-15)25-10-8-23(2)9-11-25/h4-7,18,20H,8-13H2,1-3H3. The summed E-state index contributed by atoms with van der Waals surface area (Å²) in [7, 11) is 4.05. The monoisotopic (exact) mass is 346 g/mol. The molecule has 0 radical (unpaired) electrons. The maximum atomic E-state index is 13.3. The molecule has 1 aromatic carbocycles. The molecule has 0 spiro atoms. The zero-order chi connectivity index (χ0) is 17.8. The zero-order valence-corrected chi connectivity index (χ0v) is 15.2. The predicted molar refractivity (Wildman–Crippen MR) is 95.7 cm³/mol. The first-order chi connectivity index (χ1) is 12.0. The summed E-state index contributed by atoms with van der Waals surface area (Å²) in [5.74, 6) is -0.191. The molecule has 0 amide bonds. The predicted octanol–water partition coefficient (Wildman–Crippen LogP) is 1.34. The summed E-state index contributed by atoms with van der Waals surface area (Å²) in [4.78, 5) is 4.82. The lowest BCUT2D eigenvalue weighted by Crippen LogP contribution is -2.48. The van der Waals surface area contributed by atoms with Crippen LogP contribution in [0.25, 0.3) is 0 Å². The van der Waals surface area contributed by atoms with Crippen molar-refractivity contribution in [2.24, 2.45) is 7.05 Å². The van der Waals surface area contributed by atoms with E-state index >= 15 is 0 Å². The van der Waals surface area contributed by atoms with Crippen molar-refractivity contribution in [3.05, 3.63) is 47.0 Å². The number of nitrogens with zero attached hydrogens (tertiary/aromatic N) is 5. The van der Waals surface area contributed by atoms with Crippen LogP contribution in [0.15, 0.2) is 24.3 Å². The number of rotatable bonds is 6. The highest BCUT2D eigenvalue weighted by molar-refractivity contribution is 5.21. The molecule has 136 valence electrons. The van der Waals surface area contributed by atoms with Crippen LogP contribution in [0, 0.1) is 12.7 Å². The van der Waals surface area contributed by atoms with Crippen LogP contribution in [-0.4, -0.2) is 64.6 Å². The van der Waals surface area contributed by atoms with Gasteiger partial charge in [0.1, 0.15) is 5.82 Å². The summed E-state index contributed by atoms with van der Waals surface area (Å²) >= 11 is 0. The Kier molecular flexibility index (Phi) is 5.78. The number of benzene rings is 1. The molecule has 3 rings (SSSR count). The smallest absolute Gasteiger partial charge is 0.123 e. The maximum absolute atomic E-state index is 13.3. The van der Waals surface area contributed by atoms with Crippen LogP contribution in [0.2, 0.25) is 0 Å². The van der Waals surface area contributed by atoms with Crippen molar-refractivity contribution in [3.63, 3.8) is 0 Å². The largest absolute Gasteiger partial charge is 0.309 e. The minimum atomic E-state index is -0.191. The summed E-state index contributed by atoms with van der Waals surface area (Å²) in [6.07, 6.45) is 0. The van der Waals surface area contributed by atoms with Crippen molar-refractivity contribution in [2.75, 3.05) is 39.8 Å². The van der Waals surface area contributed by atoms with Gasteiger partial charge in [-0.05, 0) is 31.7 Å². The Morgan fingerprint density at radius 2 is 1.80 bits per heavy atom. The van der Waals surface area contributed by atoms with Gasteiger partial charge in [-0.1, -0.05) is 17.3 Å². The average Bonchev–Trinajstić information content (AvgIpc) is 2.93. The number of piperazine rings is 1. The molecule has 1 saturated heterocycles. The number of hydrogen-bond donors (Lipinski definition) is 1. The molecule has 0 bridgehead atoms. The fraction of sp³-hybridized carbons (Fsp3) is 0.556. The lowest BCUT2D eigenvalue weighted by Gasteiger charge is -2.38. The highest BCUT2D eigenvalue weighted by atomic mass is 19.1. The molecule has 1 unspecified atom stereocenters. The van der Waals surface area contributed by atoms with Crippen LogP contribution in [0.5, 0.6) is 0 Å². The molecule has 25 heavy (non-hydrogen) atoms. The molecule has 7 heteroatoms. The Morgan fingerprint density at radius 1 is 1.12 bits per heavy atom. The van der Waals surface area contributed by atoms with Crippen molar-refractivity contribution in [1.29, 1.82) is 0 Å². The number of aromatic nitrogens is 3. The molecule has 1 aliphatic heterocycles. The summed E-state index contributed by atoms with van der Waals surface area (Å²) in [5, 5.41) is 11.8. The minimum absolute atomic E-state index is 0.191. The highest BCUT2D eigenvalue weighted by Gasteiger charge is 2.24. The van der Waals surface area contributed by atoms with Crippen molar-refractivity contribution in [2.45, 2.75) is 19.5 Å². The molecular weight excluding hydrogens is 319 g/mol. The Morgan fingerprint density at radius 3 is 2.40 bits per heavy atom. The topological polar surface area (TPSA) is 49.2 Å². The first-order valence-electron chi connectivity index (χ1n) is 8.78. The van der Waals surface area contributed by atoms with Gasteiger partial charge in [0.25, 0.3) is 0 Å². The van der Waals surface area contributed by atoms with Crippen LogP contribution in [0.3, 0.4) is 0 Å². The summed E-state index contributed by atoms with van der Waals surface area (Å²) in [5.41, 5.74) is 3.19. The van der Waals surface area contributed by atoms with E-state index in [4.69, 9.17) is 0 Å². The van der Waals surface area contributed by atoms with Gasteiger partial charge in [-0.3, -0.25) is 9.58 Å². The summed E-state index contributed by atoms with van der Waals surface area (Å²) in [6, 6.07) is 7.11. The highest BCUT2D eigenvalue weighted by Crippen LogP contribution is 2.22. The van der Waals surface area contributed by atoms with Crippen LogP contribution in [0.4, 0.5) is 4.39 Å². The second-order valence-corrected chi connectivity index (χ2v) is 6.78. The van der Waals surface area contributed by atoms with E-state index in [-0.39, 0.29) is 11.9 Å². The lowest BCUT2D eigenvalue weighted by molar-refractivity contribution is 0.110. The normalized spacial score (nSPS) is 17.8. The van der Waals surface area contributed by atoms with Crippen molar-refractivity contribution >= 4 is 0 Å². The molecule has 2 heterocycles. The minimum Gasteiger partial charge on any atom is -0.309 e. The fourth-order valence-corrected chi connectivity index (χ4v) is 3.21. The Bertz CT molecular complexity index is 675. The number of nitrogens with one attached hydrogen (secondary N) is 1. The van der Waals surface area contributed by atoms with Gasteiger partial charge in [0, 0.05) is 52.4 Å². The first-order valence-corrected chi connectivity index (χ1v) is 8.78. The fourth-order valence-electron chi connectivity index (χ4n) is 3.21. The van der Waals surface area contributed by atoms with E-state index in [0.717, 1.165) is 49.7 Å². The van der Waals surface area contributed by atoms with E-state index in [9.17, 15) is 4.39 Å². The molecule has 2 aromatic rings. The molecule has 1 N–H and O–H groups in total. The second-order valence-electron chi connectivity index (χ2n) is 6.78. The molecule has 1 atom stereocenters. The van der Waals surface area contributed by atoms with Crippen molar-refractivity contribution in [1.82, 2.24) is 30.1 Å². The van der Waals surface area contributed by atoms with Crippen molar-refractivity contribution in [3.8, 4) is 0 Å². The van der Waals surface area contributed by atoms with Gasteiger partial charge in [0.05, 0.1) is 11.4 Å².